The highest BCUT2D eigenvalue weighted by atomic mass is 19.4. The van der Waals surface area contributed by atoms with Crippen LogP contribution in [0, 0.1) is 11.8 Å². The zero-order chi connectivity index (χ0) is 38.8. The van der Waals surface area contributed by atoms with Crippen LogP contribution in [0.5, 0.6) is 0 Å². The molecule has 49 heavy (non-hydrogen) atoms. The number of halogens is 18. The number of ketones is 1. The maximum Gasteiger partial charge on any atom is 0.535 e. The van der Waals surface area contributed by atoms with Gasteiger partial charge in [-0.2, -0.15) is 79.0 Å². The molecule has 1 rings (SSSR count). The van der Waals surface area contributed by atoms with E-state index in [-0.39, 0.29) is 6.92 Å². The number of Topliss-reactive ketones (excluding diaryl/α,β-unsaturated/α-hetero) is 1. The average Bonchev–Trinajstić information content (AvgIpc) is 2.96. The number of benzene rings is 1. The van der Waals surface area contributed by atoms with Gasteiger partial charge in [-0.15, -0.1) is 0 Å². The fraction of sp³-hybridized carbons (Fsp3) is 0.654. The maximum absolute atomic E-state index is 15.3. The normalized spacial score (nSPS) is 16.6. The van der Waals surface area contributed by atoms with Gasteiger partial charge in [0.15, 0.2) is 5.78 Å². The van der Waals surface area contributed by atoms with Crippen molar-refractivity contribution in [3.05, 3.63) is 35.9 Å². The van der Waals surface area contributed by atoms with Crippen molar-refractivity contribution >= 4 is 17.7 Å². The summed E-state index contributed by atoms with van der Waals surface area (Å²) in [7, 11) is 0. The molecule has 0 fully saturated rings. The third-order valence-electron chi connectivity index (χ3n) is 7.00. The molecule has 0 spiro atoms. The van der Waals surface area contributed by atoms with Crippen molar-refractivity contribution in [1.82, 2.24) is 0 Å². The molecule has 0 aromatic heterocycles. The Morgan fingerprint density at radius 2 is 1.06 bits per heavy atom. The van der Waals surface area contributed by atoms with Crippen LogP contribution in [0.15, 0.2) is 35.5 Å². The lowest BCUT2D eigenvalue weighted by Crippen LogP contribution is -2.65. The highest BCUT2D eigenvalue weighted by molar-refractivity contribution is 6.42. The lowest BCUT2D eigenvalue weighted by Gasteiger charge is -2.41. The van der Waals surface area contributed by atoms with Crippen molar-refractivity contribution in [2.45, 2.75) is 87.4 Å². The predicted octanol–water partition coefficient (Wildman–Crippen LogP) is 9.86. The van der Waals surface area contributed by atoms with Crippen LogP contribution in [-0.2, 0) is 14.4 Å². The quantitative estimate of drug-likeness (QED) is 0.0588. The molecule has 0 bridgehead atoms. The van der Waals surface area contributed by atoms with Crippen molar-refractivity contribution < 1.29 is 98.2 Å². The van der Waals surface area contributed by atoms with Gasteiger partial charge in [0, 0.05) is 5.92 Å². The topological polar surface area (TPSA) is 65.0 Å². The van der Waals surface area contributed by atoms with E-state index in [0.717, 1.165) is 25.1 Å². The van der Waals surface area contributed by atoms with Crippen molar-refractivity contribution in [3.8, 4) is 0 Å². The number of carbonyl (C=O) groups excluding carboxylic acids is 2. The third kappa shape index (κ3) is 7.68. The third-order valence-corrected chi connectivity index (χ3v) is 7.00. The maximum atomic E-state index is 15.3. The SMILES string of the molecule is CCOC(=O)ON=C(C(=O)C(c1ccccc1)C(CC)C(F)(F)C(F)(F)C(F)(F)C(F)(F)F)C(CC)C(F)(F)C(F)(F)C(F)(F)C(F)(F)F. The minimum absolute atomic E-state index is 0.287. The van der Waals surface area contributed by atoms with E-state index in [4.69, 9.17) is 0 Å². The van der Waals surface area contributed by atoms with Crippen LogP contribution < -0.4 is 0 Å². The molecular formula is C26H23F18NO4. The summed E-state index contributed by atoms with van der Waals surface area (Å²) in [6.45, 7) is 1.00. The molecule has 1 aromatic rings. The average molecular weight is 755 g/mol. The zero-order valence-electron chi connectivity index (χ0n) is 24.6. The largest absolute Gasteiger partial charge is 0.535 e. The second-order valence-corrected chi connectivity index (χ2v) is 10.0. The van der Waals surface area contributed by atoms with E-state index in [1.807, 2.05) is 0 Å². The van der Waals surface area contributed by atoms with Gasteiger partial charge in [-0.1, -0.05) is 49.3 Å². The molecule has 0 aliphatic rings. The van der Waals surface area contributed by atoms with E-state index >= 15 is 17.6 Å². The summed E-state index contributed by atoms with van der Waals surface area (Å²) in [4.78, 5) is 29.3. The van der Waals surface area contributed by atoms with Crippen molar-refractivity contribution in [2.24, 2.45) is 17.0 Å². The summed E-state index contributed by atoms with van der Waals surface area (Å²) < 4.78 is 255. The number of nitrogens with zero attached hydrogens (tertiary/aromatic N) is 1. The van der Waals surface area contributed by atoms with Gasteiger partial charge >= 0.3 is 54.0 Å². The number of oxime groups is 1. The Morgan fingerprint density at radius 3 is 1.43 bits per heavy atom. The summed E-state index contributed by atoms with van der Waals surface area (Å²) >= 11 is 0. The Balaban J connectivity index is 4.25. The van der Waals surface area contributed by atoms with Crippen molar-refractivity contribution in [1.29, 1.82) is 0 Å². The van der Waals surface area contributed by atoms with Crippen molar-refractivity contribution in [2.75, 3.05) is 6.61 Å². The molecule has 3 atom stereocenters. The van der Waals surface area contributed by atoms with Crippen LogP contribution in [-0.4, -0.2) is 72.1 Å². The van der Waals surface area contributed by atoms with E-state index in [2.05, 4.69) is 14.7 Å². The predicted molar refractivity (Wildman–Crippen MR) is 129 cm³/mol. The lowest BCUT2D eigenvalue weighted by atomic mass is 9.71. The highest BCUT2D eigenvalue weighted by Gasteiger charge is 2.85. The molecule has 0 N–H and O–H groups in total. The molecule has 0 saturated heterocycles. The Bertz CT molecular complexity index is 1330. The molecule has 3 unspecified atom stereocenters. The number of carbonyl (C=O) groups is 2. The first-order chi connectivity index (χ1) is 21.9. The summed E-state index contributed by atoms with van der Waals surface area (Å²) in [5.74, 6) is -58.0. The smallest absolute Gasteiger partial charge is 0.433 e. The van der Waals surface area contributed by atoms with Crippen LogP contribution in [0.25, 0.3) is 0 Å². The van der Waals surface area contributed by atoms with Gasteiger partial charge in [0.25, 0.3) is 0 Å². The van der Waals surface area contributed by atoms with Crippen LogP contribution in [0.4, 0.5) is 83.8 Å². The van der Waals surface area contributed by atoms with Gasteiger partial charge in [0.2, 0.25) is 0 Å². The molecular weight excluding hydrogens is 732 g/mol. The van der Waals surface area contributed by atoms with E-state index < -0.39 is 108 Å². The van der Waals surface area contributed by atoms with E-state index in [0.29, 0.717) is 19.1 Å². The van der Waals surface area contributed by atoms with E-state index in [1.54, 1.807) is 0 Å². The second-order valence-electron chi connectivity index (χ2n) is 10.0. The first-order valence-electron chi connectivity index (χ1n) is 13.3. The summed E-state index contributed by atoms with van der Waals surface area (Å²) in [5.41, 5.74) is -3.74. The molecule has 282 valence electrons. The minimum atomic E-state index is -7.63. The number of hydrogen-bond acceptors (Lipinski definition) is 5. The fourth-order valence-electron chi connectivity index (χ4n) is 4.45. The fourth-order valence-corrected chi connectivity index (χ4v) is 4.45. The first kappa shape index (κ1) is 43.6. The highest BCUT2D eigenvalue weighted by Crippen LogP contribution is 2.59. The number of alkyl halides is 18. The Morgan fingerprint density at radius 1 is 0.633 bits per heavy atom. The van der Waals surface area contributed by atoms with Gasteiger partial charge in [0.05, 0.1) is 18.4 Å². The van der Waals surface area contributed by atoms with Crippen LogP contribution in [0.1, 0.15) is 45.1 Å². The number of ether oxygens (including phenoxy) is 1. The van der Waals surface area contributed by atoms with Crippen LogP contribution >= 0.6 is 0 Å². The molecule has 0 aliphatic carbocycles. The van der Waals surface area contributed by atoms with Gasteiger partial charge in [-0.3, -0.25) is 9.63 Å². The molecule has 0 heterocycles. The monoisotopic (exact) mass is 755 g/mol. The minimum Gasteiger partial charge on any atom is -0.433 e. The summed E-state index contributed by atoms with van der Waals surface area (Å²) in [6.07, 6.45) is -20.6. The number of hydrogen-bond donors (Lipinski definition) is 0. The van der Waals surface area contributed by atoms with Crippen LogP contribution in [0.3, 0.4) is 0 Å². The van der Waals surface area contributed by atoms with Gasteiger partial charge < -0.3 is 4.74 Å². The molecule has 23 heteroatoms. The standard InChI is InChI=1S/C26H23F18NO4/c1-4-13(19(27,28)21(31,32)23(35,36)25(39,40)41)15(12-10-8-7-9-11-12)17(46)16(45-49-18(47)48-6-3)14(5-2)20(29,30)22(33,34)24(37,38)26(42,43)44/h7-11,13-15H,4-6H2,1-3H3. The molecule has 0 aliphatic heterocycles. The lowest BCUT2D eigenvalue weighted by molar-refractivity contribution is -0.403. The molecule has 1 aromatic carbocycles. The Hall–Kier alpha value is -3.43. The molecule has 0 saturated carbocycles. The van der Waals surface area contributed by atoms with Crippen molar-refractivity contribution in [3.63, 3.8) is 0 Å². The Kier molecular flexibility index (Phi) is 12.8. The molecule has 5 nitrogen and oxygen atoms in total. The van der Waals surface area contributed by atoms with Crippen LogP contribution in [0.2, 0.25) is 0 Å². The van der Waals surface area contributed by atoms with Gasteiger partial charge in [-0.05, 0) is 25.3 Å². The zero-order valence-corrected chi connectivity index (χ0v) is 24.6. The number of rotatable bonds is 15. The van der Waals surface area contributed by atoms with Gasteiger partial charge in [0.1, 0.15) is 5.71 Å². The molecule has 0 amide bonds. The van der Waals surface area contributed by atoms with E-state index in [1.165, 1.54) is 0 Å². The Labute approximate surface area is 263 Å². The first-order valence-corrected chi connectivity index (χ1v) is 13.3. The summed E-state index contributed by atoms with van der Waals surface area (Å²) in [5, 5.41) is 2.43. The summed E-state index contributed by atoms with van der Waals surface area (Å²) in [6, 6.07) is 3.48. The van der Waals surface area contributed by atoms with Gasteiger partial charge in [-0.25, -0.2) is 4.79 Å². The molecule has 0 radical (unpaired) electrons. The second kappa shape index (κ2) is 14.4. The van der Waals surface area contributed by atoms with E-state index in [9.17, 15) is 71.1 Å².